The first-order chi connectivity index (χ1) is 17.0. The molecule has 36 heavy (non-hydrogen) atoms. The number of hydrogen-bond acceptors (Lipinski definition) is 7. The number of nitrogens with one attached hydrogen (secondary N) is 1. The number of benzene rings is 1. The Morgan fingerprint density at radius 1 is 1.17 bits per heavy atom. The number of aryl methyl sites for hydroxylation is 1. The summed E-state index contributed by atoms with van der Waals surface area (Å²) in [4.78, 5) is 17.4. The van der Waals surface area contributed by atoms with Gasteiger partial charge in [0.05, 0.1) is 23.7 Å². The smallest absolute Gasteiger partial charge is 0.383 e. The summed E-state index contributed by atoms with van der Waals surface area (Å²) in [7, 11) is -2.76. The molecule has 1 aliphatic rings. The van der Waals surface area contributed by atoms with Crippen LogP contribution in [0, 0.1) is 0 Å². The van der Waals surface area contributed by atoms with E-state index in [0.29, 0.717) is 35.0 Å². The van der Waals surface area contributed by atoms with Crippen molar-refractivity contribution in [2.45, 2.75) is 47.9 Å². The second kappa shape index (κ2) is 11.7. The Labute approximate surface area is 208 Å². The highest BCUT2D eigenvalue weighted by Gasteiger charge is 2.53. The highest BCUT2D eigenvalue weighted by molar-refractivity contribution is 7.93. The molecular weight excluding hydrogens is 499 g/mol. The lowest BCUT2D eigenvalue weighted by Gasteiger charge is -2.37. The van der Waals surface area contributed by atoms with Crippen molar-refractivity contribution in [2.24, 2.45) is 0 Å². The third-order valence-electron chi connectivity index (χ3n) is 6.27. The Morgan fingerprint density at radius 2 is 1.83 bits per heavy atom. The lowest BCUT2D eigenvalue weighted by atomic mass is 9.95. The van der Waals surface area contributed by atoms with Crippen LogP contribution in [-0.4, -0.2) is 73.9 Å². The van der Waals surface area contributed by atoms with Crippen LogP contribution >= 0.6 is 0 Å². The Balaban J connectivity index is 1.79. The summed E-state index contributed by atoms with van der Waals surface area (Å²) < 4.78 is 67.4. The first-order valence-corrected chi connectivity index (χ1v) is 13.1. The second-order valence-corrected chi connectivity index (χ2v) is 11.0. The second-order valence-electron chi connectivity index (χ2n) is 8.71. The topological polar surface area (TPSA) is 109 Å². The maximum absolute atomic E-state index is 13.7. The summed E-state index contributed by atoms with van der Waals surface area (Å²) in [5.41, 5.74) is 1.83. The van der Waals surface area contributed by atoms with Crippen LogP contribution in [0.4, 0.5) is 13.2 Å². The summed E-state index contributed by atoms with van der Waals surface area (Å²) in [6.07, 6.45) is -3.29. The van der Waals surface area contributed by atoms with Crippen LogP contribution in [0.3, 0.4) is 0 Å². The maximum Gasteiger partial charge on any atom is 0.389 e. The van der Waals surface area contributed by atoms with E-state index >= 15 is 0 Å². The first kappa shape index (κ1) is 28.0. The Bertz CT molecular complexity index is 1120. The van der Waals surface area contributed by atoms with Crippen molar-refractivity contribution in [3.8, 4) is 11.3 Å². The Hall–Kier alpha value is -2.54. The number of piperidine rings is 1. The van der Waals surface area contributed by atoms with E-state index in [1.54, 1.807) is 24.3 Å². The number of hydrogen-bond donors (Lipinski definition) is 2. The number of nitrogens with zero attached hydrogens (tertiary/aromatic N) is 2. The van der Waals surface area contributed by atoms with Gasteiger partial charge in [-0.2, -0.15) is 13.2 Å². The number of carbonyl (C=O) groups excluding carboxylic acids is 1. The number of ether oxygens (including phenoxy) is 1. The average molecular weight is 530 g/mol. The lowest BCUT2D eigenvalue weighted by molar-refractivity contribution is -0.171. The normalized spacial score (nSPS) is 16.0. The molecule has 198 valence electrons. The molecule has 2 N–H and O–H groups in total. The van der Waals surface area contributed by atoms with E-state index in [9.17, 15) is 31.6 Å². The molecule has 3 rings (SSSR count). The third-order valence-corrected chi connectivity index (χ3v) is 8.77. The van der Waals surface area contributed by atoms with Crippen LogP contribution < -0.4 is 5.32 Å². The van der Waals surface area contributed by atoms with E-state index in [4.69, 9.17) is 4.74 Å². The van der Waals surface area contributed by atoms with Gasteiger partial charge >= 0.3 is 6.18 Å². The van der Waals surface area contributed by atoms with Crippen molar-refractivity contribution < 1.29 is 36.3 Å². The number of halogens is 3. The van der Waals surface area contributed by atoms with Gasteiger partial charge in [0.1, 0.15) is 0 Å². The maximum atomic E-state index is 13.7. The molecule has 8 nitrogen and oxygen atoms in total. The monoisotopic (exact) mass is 529 g/mol. The minimum absolute atomic E-state index is 0.0112. The molecule has 1 fully saturated rings. The van der Waals surface area contributed by atoms with Crippen LogP contribution in [0.2, 0.25) is 0 Å². The van der Waals surface area contributed by atoms with E-state index in [0.717, 1.165) is 0 Å². The molecule has 0 atom stereocenters. The van der Waals surface area contributed by atoms with Gasteiger partial charge in [0, 0.05) is 25.3 Å². The molecule has 1 amide bonds. The van der Waals surface area contributed by atoms with Crippen molar-refractivity contribution in [3.05, 3.63) is 48.2 Å². The Kier molecular flexibility index (Phi) is 9.09. The minimum Gasteiger partial charge on any atom is -0.383 e. The van der Waals surface area contributed by atoms with Gasteiger partial charge in [-0.15, -0.1) is 0 Å². The molecule has 1 aromatic carbocycles. The third kappa shape index (κ3) is 6.41. The summed E-state index contributed by atoms with van der Waals surface area (Å²) in [6.45, 7) is 0.511. The summed E-state index contributed by atoms with van der Waals surface area (Å²) in [5.74, 6) is -0.882. The Morgan fingerprint density at radius 3 is 2.39 bits per heavy atom. The van der Waals surface area contributed by atoms with Gasteiger partial charge in [-0.1, -0.05) is 18.2 Å². The van der Waals surface area contributed by atoms with Gasteiger partial charge in [0.2, 0.25) is 0 Å². The molecule has 1 aliphatic heterocycles. The predicted octanol–water partition coefficient (Wildman–Crippen LogP) is 3.39. The van der Waals surface area contributed by atoms with Crippen molar-refractivity contribution in [1.82, 2.24) is 15.4 Å². The van der Waals surface area contributed by atoms with Crippen LogP contribution in [0.25, 0.3) is 11.3 Å². The number of methoxy groups -OCH3 is 1. The van der Waals surface area contributed by atoms with Gasteiger partial charge < -0.3 is 10.1 Å². The van der Waals surface area contributed by atoms with Crippen LogP contribution in [-0.2, 0) is 25.8 Å². The highest BCUT2D eigenvalue weighted by Crippen LogP contribution is 2.36. The molecule has 1 aromatic heterocycles. The predicted molar refractivity (Wildman–Crippen MR) is 126 cm³/mol. The first-order valence-electron chi connectivity index (χ1n) is 11.6. The van der Waals surface area contributed by atoms with E-state index < -0.39 is 33.1 Å². The van der Waals surface area contributed by atoms with Crippen molar-refractivity contribution in [2.75, 3.05) is 33.4 Å². The average Bonchev–Trinajstić information content (AvgIpc) is 2.87. The van der Waals surface area contributed by atoms with Gasteiger partial charge in [-0.3, -0.25) is 15.0 Å². The fourth-order valence-corrected chi connectivity index (χ4v) is 6.23. The number of alkyl halides is 3. The fraction of sp³-hybridized carbons (Fsp3) is 0.500. The molecule has 12 heteroatoms. The lowest BCUT2D eigenvalue weighted by Crippen LogP contribution is -2.58. The van der Waals surface area contributed by atoms with Crippen molar-refractivity contribution >= 4 is 15.7 Å². The summed E-state index contributed by atoms with van der Waals surface area (Å²) in [5, 5.41) is 13.7. The van der Waals surface area contributed by atoms with Gasteiger partial charge in [-0.05, 0) is 62.5 Å². The van der Waals surface area contributed by atoms with Crippen molar-refractivity contribution in [3.63, 3.8) is 0 Å². The SMILES string of the molecule is COCCN(O)C(=O)C1(S(=O)(=O)c2ccc(-c3ccc(CCCC(F)(F)F)cn3)cc2)CCNCC1. The molecule has 0 spiro atoms. The van der Waals surface area contributed by atoms with Crippen LogP contribution in [0.15, 0.2) is 47.5 Å². The van der Waals surface area contributed by atoms with Crippen LogP contribution in [0.1, 0.15) is 31.2 Å². The number of sulfone groups is 1. The summed E-state index contributed by atoms with van der Waals surface area (Å²) >= 11 is 0. The van der Waals surface area contributed by atoms with Crippen molar-refractivity contribution in [1.29, 1.82) is 0 Å². The van der Waals surface area contributed by atoms with E-state index in [-0.39, 0.29) is 43.7 Å². The van der Waals surface area contributed by atoms with Crippen LogP contribution in [0.5, 0.6) is 0 Å². The van der Waals surface area contributed by atoms with Gasteiger partial charge in [0.25, 0.3) is 5.91 Å². The number of aromatic nitrogens is 1. The van der Waals surface area contributed by atoms with E-state index in [2.05, 4.69) is 10.3 Å². The number of rotatable bonds is 10. The highest BCUT2D eigenvalue weighted by atomic mass is 32.2. The molecule has 2 aromatic rings. The number of pyridine rings is 1. The van der Waals surface area contributed by atoms with E-state index in [1.807, 2.05) is 0 Å². The molecule has 0 radical (unpaired) electrons. The molecule has 0 saturated carbocycles. The molecule has 2 heterocycles. The largest absolute Gasteiger partial charge is 0.389 e. The minimum atomic E-state index is -4.19. The fourth-order valence-electron chi connectivity index (χ4n) is 4.21. The molecule has 1 saturated heterocycles. The molecular formula is C24H30F3N3O5S. The van der Waals surface area contributed by atoms with Gasteiger partial charge in [-0.25, -0.2) is 13.5 Å². The van der Waals surface area contributed by atoms with Gasteiger partial charge in [0.15, 0.2) is 14.6 Å². The standard InChI is InChI=1S/C24H30F3N3O5S/c1-35-16-15-30(32)22(31)23(11-13-28-14-12-23)36(33,34)20-7-5-19(6-8-20)21-9-4-18(17-29-21)3-2-10-24(25,26)27/h4-9,17,28,32H,2-3,10-16H2,1H3. The summed E-state index contributed by atoms with van der Waals surface area (Å²) in [6, 6.07) is 9.31. The molecule has 0 unspecified atom stereocenters. The zero-order chi connectivity index (χ0) is 26.4. The molecule has 0 bridgehead atoms. The quantitative estimate of drug-likeness (QED) is 0.359. The zero-order valence-corrected chi connectivity index (χ0v) is 20.7. The zero-order valence-electron chi connectivity index (χ0n) is 19.9. The van der Waals surface area contributed by atoms with E-state index in [1.165, 1.54) is 25.4 Å². The number of hydroxylamine groups is 2. The number of carbonyl (C=O) groups is 1. The number of amides is 1. The molecule has 0 aliphatic carbocycles.